The zero-order valence-electron chi connectivity index (χ0n) is 8.59. The Balaban J connectivity index is 4.14. The number of thioether (sulfide) groups is 1. The summed E-state index contributed by atoms with van der Waals surface area (Å²) in [4.78, 5) is 11.2. The van der Waals surface area contributed by atoms with E-state index in [1.165, 1.54) is 0 Å². The molecule has 0 unspecified atom stereocenters. The normalized spacial score (nSPS) is 11.6. The number of carbonyl (C=O) groups is 1. The van der Waals surface area contributed by atoms with E-state index in [9.17, 15) is 4.79 Å². The van der Waals surface area contributed by atoms with Crippen molar-refractivity contribution in [2.75, 3.05) is 13.7 Å². The number of nitrogens with one attached hydrogen (secondary N) is 1. The van der Waals surface area contributed by atoms with Crippen molar-refractivity contribution < 1.29 is 9.53 Å². The van der Waals surface area contributed by atoms with Gasteiger partial charge >= 0.3 is 5.97 Å². The average molecular weight is 203 g/mol. The van der Waals surface area contributed by atoms with Crippen LogP contribution in [0.5, 0.6) is 0 Å². The Morgan fingerprint density at radius 3 is 2.62 bits per heavy atom. The Morgan fingerprint density at radius 2 is 2.23 bits per heavy atom. The number of esters is 1. The molecule has 13 heavy (non-hydrogen) atoms. The van der Waals surface area contributed by atoms with Crippen molar-refractivity contribution >= 4 is 17.7 Å². The van der Waals surface area contributed by atoms with Crippen molar-refractivity contribution in [2.24, 2.45) is 0 Å². The van der Waals surface area contributed by atoms with E-state index in [2.05, 4.69) is 19.2 Å². The van der Waals surface area contributed by atoms with Crippen LogP contribution < -0.4 is 5.32 Å². The lowest BCUT2D eigenvalue weighted by atomic mass is 10.5. The molecule has 0 heterocycles. The van der Waals surface area contributed by atoms with Gasteiger partial charge in [0.15, 0.2) is 0 Å². The van der Waals surface area contributed by atoms with Gasteiger partial charge in [0.1, 0.15) is 5.70 Å². The number of carbonyl (C=O) groups excluding carboxylic acids is 1. The van der Waals surface area contributed by atoms with Gasteiger partial charge in [-0.2, -0.15) is 0 Å². The fourth-order valence-electron chi connectivity index (χ4n) is 0.622. The molecule has 0 rings (SSSR count). The Hall–Kier alpha value is -0.640. The molecule has 4 heteroatoms. The molecular formula is C9H17NO2S. The van der Waals surface area contributed by atoms with Gasteiger partial charge in [0.25, 0.3) is 0 Å². The van der Waals surface area contributed by atoms with E-state index in [-0.39, 0.29) is 5.97 Å². The number of hydrogen-bond acceptors (Lipinski definition) is 4. The molecule has 3 nitrogen and oxygen atoms in total. The predicted octanol–water partition coefficient (Wildman–Crippen LogP) is 1.75. The number of likely N-dealkylation sites (N-methyl/N-ethyl adjacent to an activating group) is 1. The SMILES string of the molecule is CCOC(=O)/C(=C/SC(C)C)NC. The molecular weight excluding hydrogens is 186 g/mol. The molecule has 0 aromatic carbocycles. The summed E-state index contributed by atoms with van der Waals surface area (Å²) < 4.78 is 4.84. The van der Waals surface area contributed by atoms with Gasteiger partial charge in [-0.25, -0.2) is 4.79 Å². The van der Waals surface area contributed by atoms with Crippen LogP contribution in [0.1, 0.15) is 20.8 Å². The predicted molar refractivity (Wildman–Crippen MR) is 56.5 cm³/mol. The van der Waals surface area contributed by atoms with E-state index in [0.29, 0.717) is 17.6 Å². The van der Waals surface area contributed by atoms with Gasteiger partial charge in [-0.3, -0.25) is 0 Å². The summed E-state index contributed by atoms with van der Waals surface area (Å²) in [6.07, 6.45) is 0. The molecule has 0 aromatic rings. The number of hydrogen-bond donors (Lipinski definition) is 1. The first kappa shape index (κ1) is 12.4. The molecule has 0 atom stereocenters. The summed E-state index contributed by atoms with van der Waals surface area (Å²) in [5.74, 6) is -0.293. The number of ether oxygens (including phenoxy) is 1. The topological polar surface area (TPSA) is 38.3 Å². The summed E-state index contributed by atoms with van der Waals surface area (Å²) in [6.45, 7) is 6.34. The van der Waals surface area contributed by atoms with Gasteiger partial charge in [0.05, 0.1) is 6.61 Å². The lowest BCUT2D eigenvalue weighted by molar-refractivity contribution is -0.138. The molecule has 0 aliphatic heterocycles. The van der Waals surface area contributed by atoms with Crippen molar-refractivity contribution in [3.63, 3.8) is 0 Å². The Kier molecular flexibility index (Phi) is 6.49. The van der Waals surface area contributed by atoms with Crippen molar-refractivity contribution in [3.8, 4) is 0 Å². The van der Waals surface area contributed by atoms with Gasteiger partial charge in [-0.1, -0.05) is 13.8 Å². The highest BCUT2D eigenvalue weighted by Gasteiger charge is 2.07. The van der Waals surface area contributed by atoms with Crippen LogP contribution in [0.2, 0.25) is 0 Å². The molecule has 0 radical (unpaired) electrons. The first-order chi connectivity index (χ1) is 6.11. The minimum atomic E-state index is -0.293. The summed E-state index contributed by atoms with van der Waals surface area (Å²) in [7, 11) is 1.71. The highest BCUT2D eigenvalue weighted by molar-refractivity contribution is 8.02. The second-order valence-electron chi connectivity index (χ2n) is 2.69. The highest BCUT2D eigenvalue weighted by Crippen LogP contribution is 2.12. The fraction of sp³-hybridized carbons (Fsp3) is 0.667. The first-order valence-corrected chi connectivity index (χ1v) is 5.26. The molecule has 0 amide bonds. The van der Waals surface area contributed by atoms with Crippen LogP contribution in [0.4, 0.5) is 0 Å². The largest absolute Gasteiger partial charge is 0.461 e. The molecule has 0 aliphatic carbocycles. The zero-order chi connectivity index (χ0) is 10.3. The molecule has 0 saturated heterocycles. The third-order valence-electron chi connectivity index (χ3n) is 1.22. The third-order valence-corrected chi connectivity index (χ3v) is 2.14. The van der Waals surface area contributed by atoms with Crippen LogP contribution in [-0.2, 0) is 9.53 Å². The molecule has 0 aromatic heterocycles. The molecule has 0 spiro atoms. The van der Waals surface area contributed by atoms with E-state index in [1.54, 1.807) is 31.1 Å². The molecule has 0 fully saturated rings. The van der Waals surface area contributed by atoms with Gasteiger partial charge in [-0.15, -0.1) is 11.8 Å². The minimum Gasteiger partial charge on any atom is -0.461 e. The second-order valence-corrected chi connectivity index (χ2v) is 4.14. The van der Waals surface area contributed by atoms with Gasteiger partial charge in [0.2, 0.25) is 0 Å². The van der Waals surface area contributed by atoms with Crippen LogP contribution in [0.3, 0.4) is 0 Å². The van der Waals surface area contributed by atoms with Crippen molar-refractivity contribution in [1.82, 2.24) is 5.32 Å². The summed E-state index contributed by atoms with van der Waals surface area (Å²) in [5.41, 5.74) is 0.514. The number of rotatable bonds is 5. The fourth-order valence-corrected chi connectivity index (χ4v) is 1.24. The molecule has 76 valence electrons. The van der Waals surface area contributed by atoms with Crippen LogP contribution in [0.25, 0.3) is 0 Å². The Labute approximate surface area is 83.9 Å². The lowest BCUT2D eigenvalue weighted by Gasteiger charge is -2.06. The second kappa shape index (κ2) is 6.83. The van der Waals surface area contributed by atoms with Crippen molar-refractivity contribution in [2.45, 2.75) is 26.0 Å². The third kappa shape index (κ3) is 5.58. The quantitative estimate of drug-likeness (QED) is 0.546. The van der Waals surface area contributed by atoms with Crippen LogP contribution in [0, 0.1) is 0 Å². The average Bonchev–Trinajstić information content (AvgIpc) is 2.05. The van der Waals surface area contributed by atoms with E-state index in [4.69, 9.17) is 4.74 Å². The molecule has 0 saturated carbocycles. The van der Waals surface area contributed by atoms with E-state index in [1.807, 2.05) is 0 Å². The first-order valence-electron chi connectivity index (χ1n) is 4.32. The van der Waals surface area contributed by atoms with Crippen molar-refractivity contribution in [3.05, 3.63) is 11.1 Å². The maximum atomic E-state index is 11.2. The summed E-state index contributed by atoms with van der Waals surface area (Å²) >= 11 is 1.59. The maximum Gasteiger partial charge on any atom is 0.354 e. The van der Waals surface area contributed by atoms with E-state index in [0.717, 1.165) is 0 Å². The summed E-state index contributed by atoms with van der Waals surface area (Å²) in [6, 6.07) is 0. The van der Waals surface area contributed by atoms with E-state index >= 15 is 0 Å². The Bertz CT molecular complexity index is 190. The van der Waals surface area contributed by atoms with Crippen LogP contribution in [0.15, 0.2) is 11.1 Å². The maximum absolute atomic E-state index is 11.2. The van der Waals surface area contributed by atoms with Gasteiger partial charge in [0, 0.05) is 17.7 Å². The van der Waals surface area contributed by atoms with Crippen LogP contribution >= 0.6 is 11.8 Å². The highest BCUT2D eigenvalue weighted by atomic mass is 32.2. The molecule has 0 aliphatic rings. The minimum absolute atomic E-state index is 0.293. The standard InChI is InChI=1S/C9H17NO2S/c1-5-12-9(11)8(10-4)6-13-7(2)3/h6-7,10H,5H2,1-4H3/b8-6-. The van der Waals surface area contributed by atoms with Crippen molar-refractivity contribution in [1.29, 1.82) is 0 Å². The lowest BCUT2D eigenvalue weighted by Crippen LogP contribution is -2.18. The summed E-state index contributed by atoms with van der Waals surface area (Å²) in [5, 5.41) is 5.07. The van der Waals surface area contributed by atoms with Gasteiger partial charge < -0.3 is 10.1 Å². The van der Waals surface area contributed by atoms with Gasteiger partial charge in [-0.05, 0) is 6.92 Å². The molecule has 0 bridgehead atoms. The zero-order valence-corrected chi connectivity index (χ0v) is 9.40. The Morgan fingerprint density at radius 1 is 1.62 bits per heavy atom. The van der Waals surface area contributed by atoms with E-state index < -0.39 is 0 Å². The van der Waals surface area contributed by atoms with Crippen LogP contribution in [-0.4, -0.2) is 24.9 Å². The monoisotopic (exact) mass is 203 g/mol. The molecule has 1 N–H and O–H groups in total. The smallest absolute Gasteiger partial charge is 0.354 e.